The molecule has 0 bridgehead atoms. The van der Waals surface area contributed by atoms with Gasteiger partial charge in [-0.05, 0) is 36.4 Å². The zero-order chi connectivity index (χ0) is 14.3. The Morgan fingerprint density at radius 2 is 2.10 bits per heavy atom. The predicted octanol–water partition coefficient (Wildman–Crippen LogP) is -0.0511. The van der Waals surface area contributed by atoms with Crippen molar-refractivity contribution in [2.75, 3.05) is 0 Å². The Balaban J connectivity index is 2.11. The third-order valence-corrected chi connectivity index (χ3v) is 3.04. The minimum absolute atomic E-state index is 0.0647. The standard InChI is InChI=1S/C11H11N7O2/c1-6-8(5-11(19)20)7(2)17(13-6)10-4-3-9-12-15-16-18(9)14-10/h3-4H,5H2,1-2H3,(H,19,20). The molecule has 9 nitrogen and oxygen atoms in total. The molecule has 0 spiro atoms. The first-order chi connectivity index (χ1) is 9.56. The normalized spacial score (nSPS) is 11.1. The zero-order valence-corrected chi connectivity index (χ0v) is 10.8. The van der Waals surface area contributed by atoms with E-state index in [1.54, 1.807) is 23.7 Å². The van der Waals surface area contributed by atoms with Gasteiger partial charge in [0.1, 0.15) is 0 Å². The highest BCUT2D eigenvalue weighted by atomic mass is 16.4. The molecule has 3 heterocycles. The first-order valence-electron chi connectivity index (χ1n) is 5.89. The van der Waals surface area contributed by atoms with Crippen LogP contribution in [0.25, 0.3) is 11.5 Å². The SMILES string of the molecule is Cc1nn(-c2ccc3nnnn3n2)c(C)c1CC(=O)O. The van der Waals surface area contributed by atoms with Gasteiger partial charge in [-0.2, -0.15) is 5.10 Å². The summed E-state index contributed by atoms with van der Waals surface area (Å²) in [6, 6.07) is 3.45. The van der Waals surface area contributed by atoms with Gasteiger partial charge in [-0.15, -0.1) is 14.8 Å². The number of aryl methyl sites for hydroxylation is 1. The maximum absolute atomic E-state index is 10.9. The molecule has 3 rings (SSSR count). The Hall–Kier alpha value is -2.84. The van der Waals surface area contributed by atoms with E-state index < -0.39 is 5.97 Å². The van der Waals surface area contributed by atoms with Crippen molar-refractivity contribution < 1.29 is 9.90 Å². The molecular weight excluding hydrogens is 262 g/mol. The van der Waals surface area contributed by atoms with Crippen LogP contribution in [0.5, 0.6) is 0 Å². The van der Waals surface area contributed by atoms with Gasteiger partial charge in [0.2, 0.25) is 0 Å². The number of hydrogen-bond acceptors (Lipinski definition) is 6. The molecule has 9 heteroatoms. The van der Waals surface area contributed by atoms with Gasteiger partial charge in [-0.1, -0.05) is 0 Å². The van der Waals surface area contributed by atoms with E-state index in [-0.39, 0.29) is 6.42 Å². The van der Waals surface area contributed by atoms with Crippen molar-refractivity contribution in [2.45, 2.75) is 20.3 Å². The van der Waals surface area contributed by atoms with Crippen molar-refractivity contribution >= 4 is 11.6 Å². The summed E-state index contributed by atoms with van der Waals surface area (Å²) >= 11 is 0. The highest BCUT2D eigenvalue weighted by molar-refractivity contribution is 5.71. The van der Waals surface area contributed by atoms with Crippen molar-refractivity contribution in [3.05, 3.63) is 29.1 Å². The molecule has 0 unspecified atom stereocenters. The minimum atomic E-state index is -0.889. The van der Waals surface area contributed by atoms with E-state index in [2.05, 4.69) is 25.7 Å². The lowest BCUT2D eigenvalue weighted by Crippen LogP contribution is -2.07. The predicted molar refractivity (Wildman–Crippen MR) is 66.5 cm³/mol. The molecule has 102 valence electrons. The van der Waals surface area contributed by atoms with Crippen LogP contribution < -0.4 is 0 Å². The maximum Gasteiger partial charge on any atom is 0.307 e. The molecule has 0 aromatic carbocycles. The molecule has 0 saturated carbocycles. The Morgan fingerprint density at radius 3 is 2.85 bits per heavy atom. The van der Waals surface area contributed by atoms with Crippen LogP contribution in [-0.2, 0) is 11.2 Å². The molecular formula is C11H11N7O2. The number of aliphatic carboxylic acids is 1. The van der Waals surface area contributed by atoms with E-state index >= 15 is 0 Å². The number of fused-ring (bicyclic) bond motifs is 1. The first-order valence-corrected chi connectivity index (χ1v) is 5.89. The molecule has 0 fully saturated rings. The van der Waals surface area contributed by atoms with Gasteiger partial charge < -0.3 is 5.11 Å². The van der Waals surface area contributed by atoms with Crippen molar-refractivity contribution in [3.63, 3.8) is 0 Å². The number of nitrogens with zero attached hydrogens (tertiary/aromatic N) is 7. The van der Waals surface area contributed by atoms with Crippen molar-refractivity contribution in [2.24, 2.45) is 0 Å². The van der Waals surface area contributed by atoms with E-state index in [1.165, 1.54) is 4.63 Å². The Bertz CT molecular complexity index is 804. The monoisotopic (exact) mass is 273 g/mol. The first kappa shape index (κ1) is 12.2. The second-order valence-electron chi connectivity index (χ2n) is 4.35. The van der Waals surface area contributed by atoms with Gasteiger partial charge >= 0.3 is 5.97 Å². The lowest BCUT2D eigenvalue weighted by atomic mass is 10.1. The molecule has 3 aromatic heterocycles. The molecule has 0 radical (unpaired) electrons. The second kappa shape index (κ2) is 4.37. The summed E-state index contributed by atoms with van der Waals surface area (Å²) in [5.74, 6) is -0.360. The smallest absolute Gasteiger partial charge is 0.307 e. The van der Waals surface area contributed by atoms with Crippen LogP contribution in [0.2, 0.25) is 0 Å². The Labute approximate surface area is 112 Å². The molecule has 0 amide bonds. The van der Waals surface area contributed by atoms with E-state index in [4.69, 9.17) is 5.11 Å². The topological polar surface area (TPSA) is 111 Å². The number of aromatic nitrogens is 7. The van der Waals surface area contributed by atoms with Gasteiger partial charge in [0, 0.05) is 11.3 Å². The van der Waals surface area contributed by atoms with Gasteiger partial charge in [0.05, 0.1) is 12.1 Å². The lowest BCUT2D eigenvalue weighted by Gasteiger charge is -2.03. The number of carbonyl (C=O) groups is 1. The van der Waals surface area contributed by atoms with Crippen LogP contribution in [0.3, 0.4) is 0 Å². The van der Waals surface area contributed by atoms with E-state index in [0.29, 0.717) is 22.7 Å². The number of carboxylic acids is 1. The number of carboxylic acid groups (broad SMARTS) is 1. The summed E-state index contributed by atoms with van der Waals surface area (Å²) in [5.41, 5.74) is 2.63. The summed E-state index contributed by atoms with van der Waals surface area (Å²) in [6.07, 6.45) is -0.0647. The molecule has 0 saturated heterocycles. The molecule has 0 aliphatic heterocycles. The maximum atomic E-state index is 10.9. The summed E-state index contributed by atoms with van der Waals surface area (Å²) in [7, 11) is 0. The third-order valence-electron chi connectivity index (χ3n) is 3.04. The van der Waals surface area contributed by atoms with Crippen LogP contribution in [-0.4, -0.2) is 46.1 Å². The van der Waals surface area contributed by atoms with Crippen LogP contribution in [0.15, 0.2) is 12.1 Å². The fraction of sp³-hybridized carbons (Fsp3) is 0.273. The van der Waals surface area contributed by atoms with Gasteiger partial charge in [-0.3, -0.25) is 4.79 Å². The largest absolute Gasteiger partial charge is 0.481 e. The summed E-state index contributed by atoms with van der Waals surface area (Å²) in [5, 5.41) is 28.5. The number of rotatable bonds is 3. The highest BCUT2D eigenvalue weighted by Crippen LogP contribution is 2.17. The average Bonchev–Trinajstić information content (AvgIpc) is 2.97. The highest BCUT2D eigenvalue weighted by Gasteiger charge is 2.16. The average molecular weight is 273 g/mol. The molecule has 0 atom stereocenters. The molecule has 0 aliphatic rings. The molecule has 0 aliphatic carbocycles. The molecule has 1 N–H and O–H groups in total. The van der Waals surface area contributed by atoms with E-state index in [1.807, 2.05) is 6.92 Å². The summed E-state index contributed by atoms with van der Waals surface area (Å²) in [4.78, 5) is 10.9. The Kier molecular flexibility index (Phi) is 2.67. The van der Waals surface area contributed by atoms with Crippen molar-refractivity contribution in [3.8, 4) is 5.82 Å². The Morgan fingerprint density at radius 1 is 1.30 bits per heavy atom. The quantitative estimate of drug-likeness (QED) is 0.712. The van der Waals surface area contributed by atoms with Crippen LogP contribution in [0.1, 0.15) is 17.0 Å². The van der Waals surface area contributed by atoms with E-state index in [9.17, 15) is 4.79 Å². The summed E-state index contributed by atoms with van der Waals surface area (Å²) in [6.45, 7) is 3.58. The van der Waals surface area contributed by atoms with Crippen molar-refractivity contribution in [1.82, 2.24) is 35.0 Å². The van der Waals surface area contributed by atoms with Gasteiger partial charge in [0.25, 0.3) is 0 Å². The number of tetrazole rings is 1. The van der Waals surface area contributed by atoms with Gasteiger partial charge in [-0.25, -0.2) is 4.68 Å². The lowest BCUT2D eigenvalue weighted by molar-refractivity contribution is -0.136. The van der Waals surface area contributed by atoms with Gasteiger partial charge in [0.15, 0.2) is 11.5 Å². The van der Waals surface area contributed by atoms with Crippen LogP contribution in [0, 0.1) is 13.8 Å². The minimum Gasteiger partial charge on any atom is -0.481 e. The fourth-order valence-electron chi connectivity index (χ4n) is 2.06. The zero-order valence-electron chi connectivity index (χ0n) is 10.8. The summed E-state index contributed by atoms with van der Waals surface area (Å²) < 4.78 is 2.89. The van der Waals surface area contributed by atoms with Crippen LogP contribution >= 0.6 is 0 Å². The molecule has 20 heavy (non-hydrogen) atoms. The number of hydrogen-bond donors (Lipinski definition) is 1. The van der Waals surface area contributed by atoms with Crippen molar-refractivity contribution in [1.29, 1.82) is 0 Å². The van der Waals surface area contributed by atoms with Crippen LogP contribution in [0.4, 0.5) is 0 Å². The fourth-order valence-corrected chi connectivity index (χ4v) is 2.06. The third kappa shape index (κ3) is 1.88. The van der Waals surface area contributed by atoms with E-state index in [0.717, 1.165) is 5.69 Å². The molecule has 3 aromatic rings. The second-order valence-corrected chi connectivity index (χ2v) is 4.35.